The number of halogens is 6. The van der Waals surface area contributed by atoms with E-state index in [0.717, 1.165) is 6.54 Å². The van der Waals surface area contributed by atoms with Crippen LogP contribution >= 0.6 is 7.81 Å². The average molecular weight is 418 g/mol. The molecule has 0 unspecified atom stereocenters. The van der Waals surface area contributed by atoms with Gasteiger partial charge in [0.2, 0.25) is 6.33 Å². The van der Waals surface area contributed by atoms with Gasteiger partial charge in [0, 0.05) is 0 Å². The molecule has 0 fully saturated rings. The van der Waals surface area contributed by atoms with Gasteiger partial charge in [-0.15, -0.1) is 0 Å². The maximum atomic E-state index is 9.87. The Morgan fingerprint density at radius 2 is 1.29 bits per heavy atom. The molecule has 1 aromatic heterocycles. The van der Waals surface area contributed by atoms with Crippen LogP contribution < -0.4 is 4.57 Å². The van der Waals surface area contributed by atoms with Crippen molar-refractivity contribution >= 4 is 29.6 Å². The zero-order chi connectivity index (χ0) is 20.6. The number of imidazole rings is 1. The first-order chi connectivity index (χ1) is 12.8. The quantitative estimate of drug-likeness (QED) is 0.187. The molecule has 1 heterocycles. The molecule has 9 heteroatoms. The minimum absolute atomic E-state index is 0.899. The second-order valence-electron chi connectivity index (χ2n) is 6.49. The molecule has 0 atom stereocenters. The molecule has 0 aliphatic rings. The zero-order valence-electron chi connectivity index (χ0n) is 14.7. The average Bonchev–Trinajstić information content (AvgIpc) is 2.86. The Hall–Kier alpha value is -2.60. The molecular weight excluding hydrogens is 401 g/mol. The van der Waals surface area contributed by atoms with Crippen LogP contribution in [0, 0.1) is 0 Å². The molecule has 150 valence electrons. The molecule has 0 saturated carbocycles. The number of aryl methyl sites for hydroxylation is 1. The fourth-order valence-corrected chi connectivity index (χ4v) is 2.97. The van der Waals surface area contributed by atoms with Crippen LogP contribution in [0.25, 0.3) is 21.8 Å². The van der Waals surface area contributed by atoms with Gasteiger partial charge < -0.3 is 0 Å². The van der Waals surface area contributed by atoms with Gasteiger partial charge in [0.25, 0.3) is 0 Å². The van der Waals surface area contributed by atoms with Gasteiger partial charge in [0.15, 0.2) is 11.0 Å². The molecule has 0 spiro atoms. The predicted molar refractivity (Wildman–Crippen MR) is 99.7 cm³/mol. The first-order valence-electron chi connectivity index (χ1n) is 8.24. The number of fused-ring (bicyclic) bond motifs is 2. The molecule has 0 saturated heterocycles. The number of nitrogens with zero attached hydrogens (tertiary/aromatic N) is 2. The van der Waals surface area contributed by atoms with Crippen molar-refractivity contribution in [2.75, 3.05) is 0 Å². The number of hydrogen-bond acceptors (Lipinski definition) is 0. The van der Waals surface area contributed by atoms with E-state index < -0.39 is 7.81 Å². The summed E-state index contributed by atoms with van der Waals surface area (Å²) >= 11 is 0. The molecule has 4 rings (SSSR count). The van der Waals surface area contributed by atoms with Crippen molar-refractivity contribution in [2.45, 2.75) is 6.54 Å². The maximum absolute atomic E-state index is 10.7. The van der Waals surface area contributed by atoms with Crippen LogP contribution in [0.1, 0.15) is 5.56 Å². The van der Waals surface area contributed by atoms with Gasteiger partial charge in [-0.3, -0.25) is 0 Å². The topological polar surface area (TPSA) is 8.81 Å². The Balaban J connectivity index is 0.000000279. The van der Waals surface area contributed by atoms with Crippen LogP contribution in [0.2, 0.25) is 0 Å². The summed E-state index contributed by atoms with van der Waals surface area (Å²) < 4.78 is 63.7. The van der Waals surface area contributed by atoms with Gasteiger partial charge in [-0.05, 0) is 28.5 Å². The van der Waals surface area contributed by atoms with Crippen LogP contribution in [-0.4, -0.2) is 4.57 Å². The van der Waals surface area contributed by atoms with E-state index >= 15 is 0 Å². The van der Waals surface area contributed by atoms with Gasteiger partial charge >= 0.3 is 33.0 Å². The van der Waals surface area contributed by atoms with Crippen molar-refractivity contribution in [3.05, 3.63) is 78.6 Å². The SMILES string of the molecule is C[n+]1cn(Cc2ccccc2)c2cc3ccccc3cc21.F[P-](F)(F)(F)(F)F. The molecule has 0 N–H and O–H groups in total. The Labute approximate surface area is 156 Å². The molecule has 0 radical (unpaired) electrons. The molecule has 4 aromatic rings. The first-order valence-corrected chi connectivity index (χ1v) is 10.3. The number of aromatic nitrogens is 2. The summed E-state index contributed by atoms with van der Waals surface area (Å²) in [4.78, 5) is 0. The van der Waals surface area contributed by atoms with E-state index in [9.17, 15) is 25.2 Å². The third kappa shape index (κ3) is 5.96. The summed E-state index contributed by atoms with van der Waals surface area (Å²) in [7, 11) is -8.55. The predicted octanol–water partition coefficient (Wildman–Crippen LogP) is 7.05. The number of benzene rings is 3. The van der Waals surface area contributed by atoms with E-state index in [2.05, 4.69) is 89.2 Å². The summed E-state index contributed by atoms with van der Waals surface area (Å²) in [5.74, 6) is 0. The van der Waals surface area contributed by atoms with Crippen LogP contribution in [0.4, 0.5) is 25.2 Å². The summed E-state index contributed by atoms with van der Waals surface area (Å²) in [5.41, 5.74) is 3.87. The van der Waals surface area contributed by atoms with E-state index in [-0.39, 0.29) is 0 Å². The molecule has 0 bridgehead atoms. The molecule has 2 nitrogen and oxygen atoms in total. The van der Waals surface area contributed by atoms with Crippen molar-refractivity contribution in [2.24, 2.45) is 7.05 Å². The Kier molecular flexibility index (Phi) is 4.46. The molecule has 0 aliphatic carbocycles. The van der Waals surface area contributed by atoms with Crippen LogP contribution in [0.15, 0.2) is 73.1 Å². The Morgan fingerprint density at radius 3 is 1.86 bits per heavy atom. The number of hydrogen-bond donors (Lipinski definition) is 0. The Bertz CT molecular complexity index is 1120. The molecule has 3 aromatic carbocycles. The molecule has 0 aliphatic heterocycles. The van der Waals surface area contributed by atoms with Gasteiger partial charge in [-0.25, -0.2) is 9.13 Å². The van der Waals surface area contributed by atoms with E-state index in [4.69, 9.17) is 0 Å². The summed E-state index contributed by atoms with van der Waals surface area (Å²) in [6.45, 7) is 0.899. The van der Waals surface area contributed by atoms with Crippen LogP contribution in [0.5, 0.6) is 0 Å². The fraction of sp³-hybridized carbons (Fsp3) is 0.105. The third-order valence-corrected chi connectivity index (χ3v) is 4.04. The molecule has 0 amide bonds. The zero-order valence-corrected chi connectivity index (χ0v) is 15.6. The molecular formula is C19H17F6N2P. The monoisotopic (exact) mass is 418 g/mol. The van der Waals surface area contributed by atoms with Gasteiger partial charge in [0.1, 0.15) is 6.54 Å². The normalized spacial score (nSPS) is 14.2. The van der Waals surface area contributed by atoms with E-state index in [0.29, 0.717) is 0 Å². The van der Waals surface area contributed by atoms with Gasteiger partial charge in [-0.2, -0.15) is 0 Å². The second-order valence-corrected chi connectivity index (χ2v) is 8.40. The van der Waals surface area contributed by atoms with E-state index in [1.54, 1.807) is 0 Å². The third-order valence-electron chi connectivity index (χ3n) is 4.04. The van der Waals surface area contributed by atoms with E-state index in [1.807, 2.05) is 0 Å². The van der Waals surface area contributed by atoms with Crippen molar-refractivity contribution in [1.29, 1.82) is 0 Å². The van der Waals surface area contributed by atoms with Crippen LogP contribution in [-0.2, 0) is 13.6 Å². The standard InChI is InChI=1S/C19H17N2.F6P/c1-20-14-21(13-15-7-3-2-4-8-15)19-12-17-10-6-5-9-16(17)11-18(19)20;1-7(2,3,4,5)6/h2-12,14H,13H2,1H3;/q+1;-1. The van der Waals surface area contributed by atoms with Crippen molar-refractivity contribution < 1.29 is 29.7 Å². The summed E-state index contributed by atoms with van der Waals surface area (Å²) in [6, 6.07) is 23.7. The summed E-state index contributed by atoms with van der Waals surface area (Å²) in [5, 5.41) is 2.58. The number of rotatable bonds is 2. The summed E-state index contributed by atoms with van der Waals surface area (Å²) in [6.07, 6.45) is 2.18. The van der Waals surface area contributed by atoms with Crippen molar-refractivity contribution in [3.8, 4) is 0 Å². The molecule has 28 heavy (non-hydrogen) atoms. The van der Waals surface area contributed by atoms with Crippen molar-refractivity contribution in [3.63, 3.8) is 0 Å². The minimum atomic E-state index is -10.7. The second kappa shape index (κ2) is 6.21. The van der Waals surface area contributed by atoms with E-state index in [1.165, 1.54) is 27.4 Å². The van der Waals surface area contributed by atoms with Gasteiger partial charge in [0.05, 0.1) is 7.05 Å². The Morgan fingerprint density at radius 1 is 0.786 bits per heavy atom. The van der Waals surface area contributed by atoms with Crippen molar-refractivity contribution in [1.82, 2.24) is 4.57 Å². The first kappa shape index (κ1) is 20.1. The van der Waals surface area contributed by atoms with Crippen LogP contribution in [0.3, 0.4) is 0 Å². The fourth-order valence-electron chi connectivity index (χ4n) is 2.97. The van der Waals surface area contributed by atoms with Gasteiger partial charge in [-0.1, -0.05) is 54.6 Å².